The molecule has 0 spiro atoms. The smallest absolute Gasteiger partial charge is 0.383 e. The Labute approximate surface area is 197 Å². The number of benzene rings is 1. The standard InChI is InChI=1S/C23H22F3N7O2/c1-4-19(34)32(3)33(12-15-7-6-14(10-28-15)23(24,25)26)22(35)13-5-8-18-16(9-13)20-17(21(27)30-18)11-29-31(20)2/h5-11H,4,12H2,1-3H3,(H2,27,30). The number of carbonyl (C=O) groups excluding carboxylic acids is 2. The van der Waals surface area contributed by atoms with E-state index in [4.69, 9.17) is 5.73 Å². The molecule has 0 atom stereocenters. The number of amides is 2. The van der Waals surface area contributed by atoms with E-state index in [0.717, 1.165) is 16.1 Å². The molecule has 0 aliphatic heterocycles. The second-order valence-corrected chi connectivity index (χ2v) is 7.93. The van der Waals surface area contributed by atoms with Gasteiger partial charge >= 0.3 is 6.18 Å². The number of fused-ring (bicyclic) bond motifs is 3. The van der Waals surface area contributed by atoms with Gasteiger partial charge in [-0.1, -0.05) is 6.92 Å². The van der Waals surface area contributed by atoms with Crippen molar-refractivity contribution < 1.29 is 22.8 Å². The zero-order valence-corrected chi connectivity index (χ0v) is 19.2. The minimum absolute atomic E-state index is 0.122. The topological polar surface area (TPSA) is 110 Å². The van der Waals surface area contributed by atoms with E-state index in [1.165, 1.54) is 13.1 Å². The highest BCUT2D eigenvalue weighted by molar-refractivity contribution is 6.10. The molecule has 0 fully saturated rings. The first-order valence-electron chi connectivity index (χ1n) is 10.6. The van der Waals surface area contributed by atoms with Crippen molar-refractivity contribution in [3.05, 3.63) is 59.5 Å². The molecule has 1 aromatic carbocycles. The summed E-state index contributed by atoms with van der Waals surface area (Å²) in [5, 5.41) is 7.78. The number of hydrazine groups is 1. The van der Waals surface area contributed by atoms with Crippen molar-refractivity contribution in [3.63, 3.8) is 0 Å². The Bertz CT molecular complexity index is 1430. The monoisotopic (exact) mass is 485 g/mol. The molecule has 2 N–H and O–H groups in total. The number of alkyl halides is 3. The van der Waals surface area contributed by atoms with Gasteiger partial charge in [-0.05, 0) is 30.3 Å². The predicted octanol–water partition coefficient (Wildman–Crippen LogP) is 3.54. The number of anilines is 1. The molecule has 0 radical (unpaired) electrons. The van der Waals surface area contributed by atoms with Crippen LogP contribution in [0.4, 0.5) is 19.0 Å². The van der Waals surface area contributed by atoms with E-state index in [1.54, 1.807) is 43.0 Å². The Hall–Kier alpha value is -4.22. The molecule has 0 bridgehead atoms. The number of pyridine rings is 2. The summed E-state index contributed by atoms with van der Waals surface area (Å²) < 4.78 is 40.3. The fourth-order valence-electron chi connectivity index (χ4n) is 3.76. The lowest BCUT2D eigenvalue weighted by molar-refractivity contribution is -0.142. The highest BCUT2D eigenvalue weighted by atomic mass is 19.4. The third-order valence-corrected chi connectivity index (χ3v) is 5.68. The lowest BCUT2D eigenvalue weighted by Gasteiger charge is -2.31. The molecular formula is C23H22F3N7O2. The van der Waals surface area contributed by atoms with E-state index in [0.29, 0.717) is 33.8 Å². The fraction of sp³-hybridized carbons (Fsp3) is 0.261. The van der Waals surface area contributed by atoms with Crippen molar-refractivity contribution in [1.29, 1.82) is 0 Å². The van der Waals surface area contributed by atoms with Gasteiger partial charge in [0.1, 0.15) is 5.82 Å². The largest absolute Gasteiger partial charge is 0.417 e. The first-order valence-corrected chi connectivity index (χ1v) is 10.6. The van der Waals surface area contributed by atoms with Crippen molar-refractivity contribution in [2.45, 2.75) is 26.1 Å². The third-order valence-electron chi connectivity index (χ3n) is 5.68. The number of nitrogen functional groups attached to an aromatic ring is 1. The van der Waals surface area contributed by atoms with Crippen molar-refractivity contribution in [2.75, 3.05) is 12.8 Å². The van der Waals surface area contributed by atoms with E-state index in [-0.39, 0.29) is 30.1 Å². The van der Waals surface area contributed by atoms with Gasteiger partial charge in [0, 0.05) is 37.7 Å². The molecule has 12 heteroatoms. The Kier molecular flexibility index (Phi) is 6.05. The fourth-order valence-corrected chi connectivity index (χ4v) is 3.76. The average molecular weight is 485 g/mol. The maximum Gasteiger partial charge on any atom is 0.417 e. The van der Waals surface area contributed by atoms with Crippen molar-refractivity contribution in [3.8, 4) is 0 Å². The number of carbonyl (C=O) groups is 2. The van der Waals surface area contributed by atoms with Crippen LogP contribution in [0.5, 0.6) is 0 Å². The number of rotatable bonds is 4. The van der Waals surface area contributed by atoms with Crippen LogP contribution in [-0.2, 0) is 24.6 Å². The van der Waals surface area contributed by atoms with E-state index < -0.39 is 17.6 Å². The van der Waals surface area contributed by atoms with Crippen LogP contribution in [0, 0.1) is 0 Å². The number of aryl methyl sites for hydroxylation is 1. The number of nitrogens with zero attached hydrogens (tertiary/aromatic N) is 6. The van der Waals surface area contributed by atoms with E-state index in [1.807, 2.05) is 0 Å². The quantitative estimate of drug-likeness (QED) is 0.443. The molecule has 0 saturated carbocycles. The molecule has 35 heavy (non-hydrogen) atoms. The zero-order valence-electron chi connectivity index (χ0n) is 19.2. The number of hydrogen-bond acceptors (Lipinski definition) is 6. The maximum absolute atomic E-state index is 13.6. The summed E-state index contributed by atoms with van der Waals surface area (Å²) in [5.41, 5.74) is 6.81. The average Bonchev–Trinajstić information content (AvgIpc) is 3.23. The molecule has 9 nitrogen and oxygen atoms in total. The Morgan fingerprint density at radius 2 is 1.86 bits per heavy atom. The number of nitrogens with two attached hydrogens (primary N) is 1. The highest BCUT2D eigenvalue weighted by Crippen LogP contribution is 2.30. The van der Waals surface area contributed by atoms with Gasteiger partial charge in [-0.25, -0.2) is 9.99 Å². The lowest BCUT2D eigenvalue weighted by atomic mass is 10.1. The highest BCUT2D eigenvalue weighted by Gasteiger charge is 2.31. The van der Waals surface area contributed by atoms with E-state index >= 15 is 0 Å². The molecule has 0 saturated heterocycles. The summed E-state index contributed by atoms with van der Waals surface area (Å²) in [7, 11) is 3.17. The van der Waals surface area contributed by atoms with Gasteiger partial charge < -0.3 is 5.73 Å². The number of halogens is 3. The van der Waals surface area contributed by atoms with Crippen LogP contribution in [0.25, 0.3) is 21.8 Å². The van der Waals surface area contributed by atoms with Crippen LogP contribution in [0.3, 0.4) is 0 Å². The van der Waals surface area contributed by atoms with Crippen molar-refractivity contribution in [1.82, 2.24) is 29.8 Å². The third kappa shape index (κ3) is 4.46. The summed E-state index contributed by atoms with van der Waals surface area (Å²) in [5.74, 6) is -0.581. The molecule has 3 heterocycles. The number of aromatic nitrogens is 4. The second-order valence-electron chi connectivity index (χ2n) is 7.93. The molecule has 0 unspecified atom stereocenters. The number of hydrogen-bond donors (Lipinski definition) is 1. The van der Waals surface area contributed by atoms with Crippen molar-refractivity contribution in [2.24, 2.45) is 7.05 Å². The first kappa shape index (κ1) is 23.9. The SMILES string of the molecule is CCC(=O)N(C)N(Cc1ccc(C(F)(F)F)cn1)C(=O)c1ccc2nc(N)c3cnn(C)c3c2c1. The minimum Gasteiger partial charge on any atom is -0.383 e. The summed E-state index contributed by atoms with van der Waals surface area (Å²) in [6, 6.07) is 6.89. The molecular weight excluding hydrogens is 463 g/mol. The van der Waals surface area contributed by atoms with E-state index in [9.17, 15) is 22.8 Å². The van der Waals surface area contributed by atoms with Crippen LogP contribution < -0.4 is 5.73 Å². The Morgan fingerprint density at radius 3 is 2.49 bits per heavy atom. The van der Waals surface area contributed by atoms with Gasteiger partial charge in [0.05, 0.1) is 40.4 Å². The summed E-state index contributed by atoms with van der Waals surface area (Å²) >= 11 is 0. The summed E-state index contributed by atoms with van der Waals surface area (Å²) in [6.45, 7) is 1.43. The zero-order chi connectivity index (χ0) is 25.5. The van der Waals surface area contributed by atoms with Gasteiger partial charge in [-0.2, -0.15) is 18.3 Å². The molecule has 4 rings (SSSR count). The molecule has 0 aliphatic carbocycles. The van der Waals surface area contributed by atoms with Gasteiger partial charge in [0.25, 0.3) is 5.91 Å². The van der Waals surface area contributed by atoms with Crippen LogP contribution in [0.2, 0.25) is 0 Å². The minimum atomic E-state index is -4.53. The molecule has 4 aromatic rings. The maximum atomic E-state index is 13.6. The van der Waals surface area contributed by atoms with Crippen molar-refractivity contribution >= 4 is 39.4 Å². The van der Waals surface area contributed by atoms with Crippen LogP contribution >= 0.6 is 0 Å². The Balaban J connectivity index is 1.75. The lowest BCUT2D eigenvalue weighted by Crippen LogP contribution is -2.46. The van der Waals surface area contributed by atoms with Gasteiger partial charge in [-0.3, -0.25) is 24.3 Å². The van der Waals surface area contributed by atoms with E-state index in [2.05, 4.69) is 15.1 Å². The van der Waals surface area contributed by atoms with Crippen LogP contribution in [-0.4, -0.2) is 48.6 Å². The first-order chi connectivity index (χ1) is 16.5. The summed E-state index contributed by atoms with van der Waals surface area (Å²) in [6.07, 6.45) is -2.13. The van der Waals surface area contributed by atoms with Crippen LogP contribution in [0.1, 0.15) is 35.0 Å². The second kappa shape index (κ2) is 8.85. The normalized spacial score (nSPS) is 11.7. The van der Waals surface area contributed by atoms with Crippen LogP contribution in [0.15, 0.2) is 42.7 Å². The molecule has 182 valence electrons. The van der Waals surface area contributed by atoms with Gasteiger partial charge in [-0.15, -0.1) is 0 Å². The van der Waals surface area contributed by atoms with Gasteiger partial charge in [0.2, 0.25) is 5.91 Å². The molecule has 3 aromatic heterocycles. The molecule has 0 aliphatic rings. The van der Waals surface area contributed by atoms with Gasteiger partial charge in [0.15, 0.2) is 0 Å². The summed E-state index contributed by atoms with van der Waals surface area (Å²) in [4.78, 5) is 34.2. The predicted molar refractivity (Wildman–Crippen MR) is 123 cm³/mol. The Morgan fingerprint density at radius 1 is 1.11 bits per heavy atom. The molecule has 2 amide bonds.